The molecule has 17 heavy (non-hydrogen) atoms. The molecule has 0 unspecified atom stereocenters. The molecule has 0 atom stereocenters. The Bertz CT molecular complexity index is 579. The van der Waals surface area contributed by atoms with E-state index in [0.29, 0.717) is 5.58 Å². The van der Waals surface area contributed by atoms with Gasteiger partial charge < -0.3 is 4.42 Å². The third kappa shape index (κ3) is 2.84. The minimum absolute atomic E-state index is 0.260. The molecule has 2 heteroatoms. The molecule has 0 aliphatic carbocycles. The van der Waals surface area contributed by atoms with E-state index in [9.17, 15) is 4.79 Å². The summed E-state index contributed by atoms with van der Waals surface area (Å²) in [4.78, 5) is 11.4. The van der Waals surface area contributed by atoms with E-state index in [-0.39, 0.29) is 5.63 Å². The number of hydrogen-bond acceptors (Lipinski definition) is 2. The molecule has 0 spiro atoms. The molecular formula is C15H16O2. The van der Waals surface area contributed by atoms with Crippen LogP contribution in [0.1, 0.15) is 25.3 Å². The molecule has 2 nitrogen and oxygen atoms in total. The van der Waals surface area contributed by atoms with Crippen molar-refractivity contribution in [2.45, 2.75) is 26.2 Å². The Morgan fingerprint density at radius 3 is 2.94 bits per heavy atom. The van der Waals surface area contributed by atoms with Gasteiger partial charge in [0.25, 0.3) is 0 Å². The second kappa shape index (κ2) is 5.48. The molecule has 0 saturated heterocycles. The number of benzene rings is 1. The van der Waals surface area contributed by atoms with Crippen LogP contribution in [0.3, 0.4) is 0 Å². The quantitative estimate of drug-likeness (QED) is 0.454. The van der Waals surface area contributed by atoms with Gasteiger partial charge in [0, 0.05) is 11.5 Å². The first-order valence-corrected chi connectivity index (χ1v) is 5.94. The van der Waals surface area contributed by atoms with Crippen LogP contribution >= 0.6 is 0 Å². The number of unbranched alkanes of at least 4 members (excludes halogenated alkanes) is 1. The zero-order valence-corrected chi connectivity index (χ0v) is 9.98. The van der Waals surface area contributed by atoms with Crippen LogP contribution in [0.25, 0.3) is 11.0 Å². The molecule has 1 heterocycles. The van der Waals surface area contributed by atoms with Crippen molar-refractivity contribution in [2.75, 3.05) is 0 Å². The van der Waals surface area contributed by atoms with Crippen LogP contribution < -0.4 is 5.63 Å². The van der Waals surface area contributed by atoms with Gasteiger partial charge in [-0.3, -0.25) is 0 Å². The van der Waals surface area contributed by atoms with Crippen LogP contribution in [0, 0.1) is 0 Å². The Kier molecular flexibility index (Phi) is 3.76. The summed E-state index contributed by atoms with van der Waals surface area (Å²) >= 11 is 0. The molecular weight excluding hydrogens is 212 g/mol. The summed E-state index contributed by atoms with van der Waals surface area (Å²) in [5.74, 6) is 0. The molecule has 0 aliphatic rings. The largest absolute Gasteiger partial charge is 0.423 e. The van der Waals surface area contributed by atoms with Gasteiger partial charge in [-0.2, -0.15) is 0 Å². The van der Waals surface area contributed by atoms with Crippen molar-refractivity contribution < 1.29 is 4.42 Å². The van der Waals surface area contributed by atoms with Gasteiger partial charge in [0.15, 0.2) is 0 Å². The fraction of sp³-hybridized carbons (Fsp3) is 0.267. The summed E-state index contributed by atoms with van der Waals surface area (Å²) in [5, 5.41) is 1.05. The zero-order chi connectivity index (χ0) is 12.1. The fourth-order valence-electron chi connectivity index (χ4n) is 1.96. The van der Waals surface area contributed by atoms with Crippen molar-refractivity contribution in [1.29, 1.82) is 0 Å². The number of rotatable bonds is 4. The smallest absolute Gasteiger partial charge is 0.336 e. The standard InChI is InChI=1S/C15H16O2/c1-2-3-4-5-8-12-11-15(16)17-14-10-7-6-9-13(12)14/h2-3,6-7,9-11H,4-5,8H2,1H3/b3-2-. The highest BCUT2D eigenvalue weighted by Crippen LogP contribution is 2.18. The van der Waals surface area contributed by atoms with Gasteiger partial charge in [0.2, 0.25) is 0 Å². The maximum absolute atomic E-state index is 11.4. The van der Waals surface area contributed by atoms with Gasteiger partial charge in [-0.05, 0) is 37.8 Å². The predicted molar refractivity (Wildman–Crippen MR) is 70.2 cm³/mol. The van der Waals surface area contributed by atoms with Crippen molar-refractivity contribution in [3.8, 4) is 0 Å². The van der Waals surface area contributed by atoms with E-state index in [1.54, 1.807) is 6.07 Å². The average Bonchev–Trinajstić information content (AvgIpc) is 2.34. The molecule has 0 aliphatic heterocycles. The van der Waals surface area contributed by atoms with Gasteiger partial charge in [0.1, 0.15) is 5.58 Å². The first-order chi connectivity index (χ1) is 8.31. The Morgan fingerprint density at radius 1 is 1.29 bits per heavy atom. The summed E-state index contributed by atoms with van der Waals surface area (Å²) in [6.45, 7) is 2.02. The minimum Gasteiger partial charge on any atom is -0.423 e. The second-order valence-electron chi connectivity index (χ2n) is 4.05. The fourth-order valence-corrected chi connectivity index (χ4v) is 1.96. The first-order valence-electron chi connectivity index (χ1n) is 5.94. The Hall–Kier alpha value is -1.83. The van der Waals surface area contributed by atoms with Gasteiger partial charge in [-0.15, -0.1) is 0 Å². The molecule has 0 amide bonds. The first kappa shape index (κ1) is 11.6. The van der Waals surface area contributed by atoms with Crippen molar-refractivity contribution in [3.63, 3.8) is 0 Å². The maximum atomic E-state index is 11.4. The molecule has 1 aromatic heterocycles. The Morgan fingerprint density at radius 2 is 2.12 bits per heavy atom. The van der Waals surface area contributed by atoms with Crippen LogP contribution in [0.2, 0.25) is 0 Å². The Labute approximate surface area is 101 Å². The van der Waals surface area contributed by atoms with Crippen molar-refractivity contribution >= 4 is 11.0 Å². The summed E-state index contributed by atoms with van der Waals surface area (Å²) in [7, 11) is 0. The Balaban J connectivity index is 2.29. The van der Waals surface area contributed by atoms with Gasteiger partial charge >= 0.3 is 5.63 Å². The molecule has 88 valence electrons. The van der Waals surface area contributed by atoms with E-state index in [4.69, 9.17) is 4.42 Å². The average molecular weight is 228 g/mol. The minimum atomic E-state index is -0.260. The molecule has 0 bridgehead atoms. The number of allylic oxidation sites excluding steroid dienone is 2. The van der Waals surface area contributed by atoms with Gasteiger partial charge in [-0.25, -0.2) is 4.79 Å². The van der Waals surface area contributed by atoms with Crippen LogP contribution in [0.5, 0.6) is 0 Å². The molecule has 1 aromatic carbocycles. The number of para-hydroxylation sites is 1. The zero-order valence-electron chi connectivity index (χ0n) is 9.98. The molecule has 0 N–H and O–H groups in total. The van der Waals surface area contributed by atoms with Crippen molar-refractivity contribution in [3.05, 3.63) is 58.5 Å². The van der Waals surface area contributed by atoms with Crippen molar-refractivity contribution in [1.82, 2.24) is 0 Å². The molecule has 2 rings (SSSR count). The monoisotopic (exact) mass is 228 g/mol. The topological polar surface area (TPSA) is 30.2 Å². The summed E-state index contributed by atoms with van der Waals surface area (Å²) in [5.41, 5.74) is 1.51. The van der Waals surface area contributed by atoms with E-state index in [1.807, 2.05) is 31.2 Å². The van der Waals surface area contributed by atoms with E-state index < -0.39 is 0 Å². The molecule has 0 saturated carbocycles. The van der Waals surface area contributed by atoms with E-state index >= 15 is 0 Å². The second-order valence-corrected chi connectivity index (χ2v) is 4.05. The lowest BCUT2D eigenvalue weighted by molar-refractivity contribution is 0.558. The molecule has 0 fully saturated rings. The van der Waals surface area contributed by atoms with Crippen LogP contribution in [0.4, 0.5) is 0 Å². The normalized spacial score (nSPS) is 11.4. The number of fused-ring (bicyclic) bond motifs is 1. The van der Waals surface area contributed by atoms with Crippen LogP contribution in [0.15, 0.2) is 51.7 Å². The molecule has 0 radical (unpaired) electrons. The SMILES string of the molecule is C/C=C\CCCc1cc(=O)oc2ccccc12. The third-order valence-electron chi connectivity index (χ3n) is 2.79. The highest BCUT2D eigenvalue weighted by molar-refractivity contribution is 5.79. The van der Waals surface area contributed by atoms with Crippen LogP contribution in [-0.2, 0) is 6.42 Å². The van der Waals surface area contributed by atoms with Crippen molar-refractivity contribution in [2.24, 2.45) is 0 Å². The van der Waals surface area contributed by atoms with Gasteiger partial charge in [-0.1, -0.05) is 30.4 Å². The predicted octanol–water partition coefficient (Wildman–Crippen LogP) is 3.69. The molecule has 2 aromatic rings. The van der Waals surface area contributed by atoms with Crippen LogP contribution in [-0.4, -0.2) is 0 Å². The summed E-state index contributed by atoms with van der Waals surface area (Å²) in [6.07, 6.45) is 7.21. The van der Waals surface area contributed by atoms with Gasteiger partial charge in [0.05, 0.1) is 0 Å². The lowest BCUT2D eigenvalue weighted by atomic mass is 10.0. The lowest BCUT2D eigenvalue weighted by Crippen LogP contribution is -2.00. The summed E-state index contributed by atoms with van der Waals surface area (Å²) in [6, 6.07) is 9.31. The lowest BCUT2D eigenvalue weighted by Gasteiger charge is -2.03. The number of hydrogen-bond donors (Lipinski definition) is 0. The highest BCUT2D eigenvalue weighted by Gasteiger charge is 2.03. The van der Waals surface area contributed by atoms with E-state index in [2.05, 4.69) is 12.2 Å². The van der Waals surface area contributed by atoms with E-state index in [0.717, 1.165) is 30.2 Å². The third-order valence-corrected chi connectivity index (χ3v) is 2.79. The maximum Gasteiger partial charge on any atom is 0.336 e. The number of aryl methyl sites for hydroxylation is 1. The van der Waals surface area contributed by atoms with E-state index in [1.165, 1.54) is 0 Å². The highest BCUT2D eigenvalue weighted by atomic mass is 16.4. The summed E-state index contributed by atoms with van der Waals surface area (Å²) < 4.78 is 5.16.